The third kappa shape index (κ3) is 10.7. The molecule has 2 bridgehead atoms. The number of amides is 3. The second kappa shape index (κ2) is 18.7. The van der Waals surface area contributed by atoms with Gasteiger partial charge in [0, 0.05) is 35.5 Å². The largest absolute Gasteiger partial charge is 0.505 e. The van der Waals surface area contributed by atoms with E-state index in [1.54, 1.807) is 50.3 Å². The van der Waals surface area contributed by atoms with E-state index in [-0.39, 0.29) is 41.3 Å². The summed E-state index contributed by atoms with van der Waals surface area (Å²) in [4.78, 5) is 51.9. The van der Waals surface area contributed by atoms with E-state index < -0.39 is 36.2 Å². The second-order valence-electron chi connectivity index (χ2n) is 12.9. The molecule has 3 amide bonds. The monoisotopic (exact) mass is 707 g/mol. The number of nitrogens with one attached hydrogen (secondary N) is 3. The van der Waals surface area contributed by atoms with E-state index in [0.717, 1.165) is 24.2 Å². The number of aliphatic hydroxyl groups is 1. The number of hydrogen-bond acceptors (Lipinski definition) is 9. The zero-order valence-electron chi connectivity index (χ0n) is 29.2. The molecule has 11 nitrogen and oxygen atoms in total. The summed E-state index contributed by atoms with van der Waals surface area (Å²) in [5.74, 6) is -1.80. The molecule has 2 heterocycles. The molecular weight excluding hydrogens is 658 g/mol. The summed E-state index contributed by atoms with van der Waals surface area (Å²) in [6, 6.07) is 0.684. The summed E-state index contributed by atoms with van der Waals surface area (Å²) in [6.45, 7) is 5.21. The number of ether oxygens (including phenoxy) is 2. The van der Waals surface area contributed by atoms with E-state index in [4.69, 9.17) is 9.47 Å². The maximum absolute atomic E-state index is 13.2. The van der Waals surface area contributed by atoms with Gasteiger partial charge < -0.3 is 35.6 Å². The van der Waals surface area contributed by atoms with Crippen LogP contribution in [0.1, 0.15) is 71.3 Å². The van der Waals surface area contributed by atoms with Crippen molar-refractivity contribution in [3.8, 4) is 5.75 Å². The van der Waals surface area contributed by atoms with Crippen LogP contribution in [0.25, 0.3) is 0 Å². The molecule has 5 N–H and O–H groups in total. The fourth-order valence-electron chi connectivity index (χ4n) is 6.04. The van der Waals surface area contributed by atoms with Crippen LogP contribution in [0.5, 0.6) is 5.75 Å². The third-order valence-electron chi connectivity index (χ3n) is 9.06. The average Bonchev–Trinajstić information content (AvgIpc) is 3.10. The second-order valence-corrected chi connectivity index (χ2v) is 13.8. The number of phenolic OH excluding ortho intramolecular Hbond substituents is 1. The molecule has 12 heteroatoms. The zero-order valence-corrected chi connectivity index (χ0v) is 30.0. The first kappa shape index (κ1) is 38.7. The number of carbonyl (C=O) groups excluding carboxylic acids is 4. The molecular formula is C38H49N3O8S. The molecule has 0 radical (unpaired) electrons. The van der Waals surface area contributed by atoms with Gasteiger partial charge in [-0.25, -0.2) is 4.79 Å². The van der Waals surface area contributed by atoms with Crippen LogP contribution in [0.3, 0.4) is 0 Å². The molecule has 0 saturated heterocycles. The van der Waals surface area contributed by atoms with Crippen molar-refractivity contribution in [1.82, 2.24) is 5.32 Å². The Labute approximate surface area is 298 Å². The van der Waals surface area contributed by atoms with Gasteiger partial charge in [0.15, 0.2) is 0 Å². The number of rotatable bonds is 5. The minimum Gasteiger partial charge on any atom is -0.505 e. The Morgan fingerprint density at radius 1 is 1.02 bits per heavy atom. The summed E-state index contributed by atoms with van der Waals surface area (Å²) in [5, 5.41) is 31.1. The molecule has 0 aromatic heterocycles. The number of phenols is 1. The van der Waals surface area contributed by atoms with Crippen LogP contribution < -0.4 is 16.0 Å². The minimum atomic E-state index is -0.959. The van der Waals surface area contributed by atoms with Crippen LogP contribution in [0, 0.1) is 5.92 Å². The normalized spacial score (nSPS) is 24.3. The molecule has 5 unspecified atom stereocenters. The molecule has 0 fully saturated rings. The molecule has 5 atom stereocenters. The van der Waals surface area contributed by atoms with Crippen molar-refractivity contribution in [2.75, 3.05) is 23.5 Å². The van der Waals surface area contributed by atoms with Gasteiger partial charge in [0.2, 0.25) is 17.7 Å². The first-order chi connectivity index (χ1) is 24.0. The predicted octanol–water partition coefficient (Wildman–Crippen LogP) is 5.65. The smallest absolute Gasteiger partial charge is 0.328 e. The number of benzene rings is 1. The highest BCUT2D eigenvalue weighted by atomic mass is 32.2. The van der Waals surface area contributed by atoms with E-state index in [1.165, 1.54) is 18.9 Å². The molecule has 0 saturated carbocycles. The molecule has 4 rings (SSSR count). The SMILES string of the molecule is COC1C=CC=CC=CCC(OC(=O)C(C)NC(=O)C2=CCCCC2)C(C)C(O)C(C)=CCCc2c(O)c(cc3c2SCC(=O)N3)NC(=O)C1. The number of esters is 1. The maximum atomic E-state index is 13.2. The molecule has 1 aromatic rings. The Kier molecular flexibility index (Phi) is 14.5. The fraction of sp³-hybridized carbons (Fsp3) is 0.474. The number of fused-ring (bicyclic) bond motifs is 4. The quantitative estimate of drug-likeness (QED) is 0.113. The lowest BCUT2D eigenvalue weighted by atomic mass is 9.90. The highest BCUT2D eigenvalue weighted by molar-refractivity contribution is 8.00. The van der Waals surface area contributed by atoms with E-state index >= 15 is 0 Å². The van der Waals surface area contributed by atoms with Crippen LogP contribution in [0.4, 0.5) is 11.4 Å². The fourth-order valence-corrected chi connectivity index (χ4v) is 7.02. The lowest BCUT2D eigenvalue weighted by Crippen LogP contribution is -2.43. The lowest BCUT2D eigenvalue weighted by molar-refractivity contribution is -0.156. The Morgan fingerprint density at radius 3 is 2.52 bits per heavy atom. The van der Waals surface area contributed by atoms with E-state index in [0.29, 0.717) is 48.1 Å². The number of allylic oxidation sites excluding steroid dienone is 6. The Hall–Kier alpha value is -4.13. The van der Waals surface area contributed by atoms with Gasteiger partial charge >= 0.3 is 5.97 Å². The first-order valence-corrected chi connectivity index (χ1v) is 18.2. The van der Waals surface area contributed by atoms with Gasteiger partial charge in [0.05, 0.1) is 35.8 Å². The van der Waals surface area contributed by atoms with E-state index in [9.17, 15) is 29.4 Å². The lowest BCUT2D eigenvalue weighted by Gasteiger charge is -2.29. The molecule has 1 aromatic carbocycles. The number of anilines is 2. The molecule has 50 heavy (non-hydrogen) atoms. The summed E-state index contributed by atoms with van der Waals surface area (Å²) >= 11 is 1.32. The summed E-state index contributed by atoms with van der Waals surface area (Å²) in [5.41, 5.74) is 2.61. The van der Waals surface area contributed by atoms with Crippen LogP contribution in [-0.2, 0) is 35.1 Å². The third-order valence-corrected chi connectivity index (χ3v) is 10.2. The van der Waals surface area contributed by atoms with Gasteiger partial charge in [0.1, 0.15) is 17.9 Å². The molecule has 2 aliphatic heterocycles. The number of methoxy groups -OCH3 is 1. The zero-order chi connectivity index (χ0) is 36.2. The van der Waals surface area contributed by atoms with Crippen molar-refractivity contribution < 1.29 is 38.9 Å². The van der Waals surface area contributed by atoms with Crippen molar-refractivity contribution in [1.29, 1.82) is 0 Å². The first-order valence-electron chi connectivity index (χ1n) is 17.2. The molecule has 1 aliphatic carbocycles. The molecule has 0 spiro atoms. The average molecular weight is 708 g/mol. The van der Waals surface area contributed by atoms with Crippen LogP contribution >= 0.6 is 11.8 Å². The van der Waals surface area contributed by atoms with E-state index in [1.807, 2.05) is 25.2 Å². The highest BCUT2D eigenvalue weighted by Crippen LogP contribution is 2.44. The minimum absolute atomic E-state index is 0.00905. The van der Waals surface area contributed by atoms with Crippen molar-refractivity contribution in [3.05, 3.63) is 71.4 Å². The van der Waals surface area contributed by atoms with Gasteiger partial charge in [-0.15, -0.1) is 11.8 Å². The Morgan fingerprint density at radius 2 is 1.78 bits per heavy atom. The van der Waals surface area contributed by atoms with Crippen molar-refractivity contribution in [3.63, 3.8) is 0 Å². The van der Waals surface area contributed by atoms with Crippen molar-refractivity contribution in [2.24, 2.45) is 5.92 Å². The van der Waals surface area contributed by atoms with Crippen LogP contribution in [-0.4, -0.2) is 71.1 Å². The van der Waals surface area contributed by atoms with Crippen LogP contribution in [0.15, 0.2) is 70.7 Å². The summed E-state index contributed by atoms with van der Waals surface area (Å²) < 4.78 is 11.4. The Bertz CT molecular complexity index is 1580. The topological polar surface area (TPSA) is 163 Å². The van der Waals surface area contributed by atoms with Crippen LogP contribution in [0.2, 0.25) is 0 Å². The number of aromatic hydroxyl groups is 1. The number of thioether (sulfide) groups is 1. The maximum Gasteiger partial charge on any atom is 0.328 e. The number of hydrogen-bond donors (Lipinski definition) is 5. The van der Waals surface area contributed by atoms with Gasteiger partial charge in [-0.1, -0.05) is 55.5 Å². The number of aliphatic hydroxyl groups excluding tert-OH is 1. The van der Waals surface area contributed by atoms with Gasteiger partial charge in [-0.05, 0) is 64.0 Å². The predicted molar refractivity (Wildman–Crippen MR) is 195 cm³/mol. The van der Waals surface area contributed by atoms with Crippen molar-refractivity contribution in [2.45, 2.75) is 101 Å². The Balaban J connectivity index is 1.59. The van der Waals surface area contributed by atoms with Crippen molar-refractivity contribution >= 4 is 46.8 Å². The van der Waals surface area contributed by atoms with Gasteiger partial charge in [0.25, 0.3) is 0 Å². The molecule has 3 aliphatic rings. The van der Waals surface area contributed by atoms with Gasteiger partial charge in [-0.2, -0.15) is 0 Å². The van der Waals surface area contributed by atoms with E-state index in [2.05, 4.69) is 16.0 Å². The number of carbonyl (C=O) groups is 4. The molecule has 270 valence electrons. The summed E-state index contributed by atoms with van der Waals surface area (Å²) in [6.07, 6.45) is 16.9. The van der Waals surface area contributed by atoms with Gasteiger partial charge in [-0.3, -0.25) is 14.4 Å². The standard InChI is InChI=1S/C38H49N3O8S/c1-23-14-13-18-28-35(45)29(21-30-36(28)50-22-33(43)41-30)40-32(42)20-27(48-4)17-11-6-5-7-12-19-31(24(2)34(23)44)49-38(47)25(3)39-37(46)26-15-9-8-10-16-26/h5-7,11-12,14-15,17,21,24-25,27,31,34,44-45H,8-10,13,16,18-20,22H2,1-4H3,(H,39,46)(H,40,42)(H,41,43). The highest BCUT2D eigenvalue weighted by Gasteiger charge is 2.31. The summed E-state index contributed by atoms with van der Waals surface area (Å²) in [7, 11) is 1.50.